The van der Waals surface area contributed by atoms with Crippen LogP contribution in [0.2, 0.25) is 0 Å². The van der Waals surface area contributed by atoms with Crippen LogP contribution < -0.4 is 10.1 Å². The van der Waals surface area contributed by atoms with Gasteiger partial charge in [0.05, 0.1) is 0 Å². The second-order valence-electron chi connectivity index (χ2n) is 9.45. The van der Waals surface area contributed by atoms with E-state index in [-0.39, 0.29) is 18.6 Å². The van der Waals surface area contributed by atoms with E-state index < -0.39 is 18.1 Å². The van der Waals surface area contributed by atoms with E-state index in [9.17, 15) is 14.7 Å². The minimum atomic E-state index is -1.12. The van der Waals surface area contributed by atoms with Crippen molar-refractivity contribution >= 4 is 12.1 Å². The van der Waals surface area contributed by atoms with Gasteiger partial charge in [-0.1, -0.05) is 54.6 Å². The molecule has 0 fully saturated rings. The zero-order valence-electron chi connectivity index (χ0n) is 19.6. The summed E-state index contributed by atoms with van der Waals surface area (Å²) in [4.78, 5) is 24.2. The van der Waals surface area contributed by atoms with Gasteiger partial charge in [-0.3, -0.25) is 0 Å². The minimum absolute atomic E-state index is 0.0776. The van der Waals surface area contributed by atoms with E-state index in [1.54, 1.807) is 24.3 Å². The highest BCUT2D eigenvalue weighted by Crippen LogP contribution is 2.38. The number of rotatable bonds is 7. The van der Waals surface area contributed by atoms with Crippen molar-refractivity contribution in [2.24, 2.45) is 0 Å². The first-order valence-corrected chi connectivity index (χ1v) is 11.3. The van der Waals surface area contributed by atoms with E-state index in [0.29, 0.717) is 5.75 Å². The molecule has 176 valence electrons. The van der Waals surface area contributed by atoms with Crippen molar-refractivity contribution in [2.75, 3.05) is 0 Å². The van der Waals surface area contributed by atoms with Crippen molar-refractivity contribution in [3.63, 3.8) is 0 Å². The number of hydrogen-bond acceptors (Lipinski definition) is 4. The van der Waals surface area contributed by atoms with Gasteiger partial charge in [0.1, 0.15) is 24.0 Å². The molecule has 2 N–H and O–H groups in total. The molecule has 4 rings (SSSR count). The quantitative estimate of drug-likeness (QED) is 0.389. The maximum Gasteiger partial charge on any atom is 0.408 e. The first-order valence-electron chi connectivity index (χ1n) is 11.3. The summed E-state index contributed by atoms with van der Waals surface area (Å²) >= 11 is 0. The highest BCUT2D eigenvalue weighted by Gasteiger charge is 2.23. The monoisotopic (exact) mass is 459 g/mol. The van der Waals surface area contributed by atoms with Gasteiger partial charge < -0.3 is 19.9 Å². The molecule has 0 saturated heterocycles. The van der Waals surface area contributed by atoms with E-state index >= 15 is 0 Å². The van der Waals surface area contributed by atoms with Crippen LogP contribution in [0.1, 0.15) is 43.0 Å². The van der Waals surface area contributed by atoms with Crippen molar-refractivity contribution in [3.05, 3.63) is 89.0 Å². The lowest BCUT2D eigenvalue weighted by atomic mass is 10.0. The molecule has 0 unspecified atom stereocenters. The summed E-state index contributed by atoms with van der Waals surface area (Å²) in [6.07, 6.45) is 0.170. The van der Waals surface area contributed by atoms with Gasteiger partial charge in [-0.25, -0.2) is 9.59 Å². The molecule has 0 bridgehead atoms. The number of carbonyl (C=O) groups excluding carboxylic acids is 1. The average molecular weight is 460 g/mol. The van der Waals surface area contributed by atoms with Crippen LogP contribution in [0.15, 0.2) is 66.7 Å². The fourth-order valence-corrected chi connectivity index (χ4v) is 4.17. The van der Waals surface area contributed by atoms with Gasteiger partial charge in [-0.15, -0.1) is 0 Å². The molecule has 1 aliphatic rings. The summed E-state index contributed by atoms with van der Waals surface area (Å²) in [6, 6.07) is 20.3. The number of benzene rings is 3. The van der Waals surface area contributed by atoms with Crippen molar-refractivity contribution in [2.45, 2.75) is 51.9 Å². The smallest absolute Gasteiger partial charge is 0.408 e. The van der Waals surface area contributed by atoms with Crippen LogP contribution in [0.3, 0.4) is 0 Å². The van der Waals surface area contributed by atoms with Gasteiger partial charge >= 0.3 is 12.1 Å². The lowest BCUT2D eigenvalue weighted by Crippen LogP contribution is -2.42. The maximum atomic E-state index is 12.4. The molecule has 3 aromatic rings. The molecule has 0 aliphatic heterocycles. The van der Waals surface area contributed by atoms with Crippen LogP contribution in [0, 0.1) is 0 Å². The molecule has 0 saturated carbocycles. The Morgan fingerprint density at radius 1 is 0.971 bits per heavy atom. The molecule has 1 aliphatic carbocycles. The van der Waals surface area contributed by atoms with Gasteiger partial charge in [0.15, 0.2) is 0 Å². The van der Waals surface area contributed by atoms with Crippen LogP contribution in [-0.4, -0.2) is 28.8 Å². The average Bonchev–Trinajstić information content (AvgIpc) is 3.17. The third-order valence-electron chi connectivity index (χ3n) is 5.68. The molecule has 0 aromatic heterocycles. The number of carboxylic acid groups (broad SMARTS) is 1. The van der Waals surface area contributed by atoms with Crippen molar-refractivity contribution in [3.8, 4) is 16.9 Å². The van der Waals surface area contributed by atoms with E-state index in [1.807, 2.05) is 45.0 Å². The Morgan fingerprint density at radius 2 is 1.68 bits per heavy atom. The fourth-order valence-electron chi connectivity index (χ4n) is 4.17. The molecule has 0 heterocycles. The number of alkyl carbamates (subject to hydrolysis) is 1. The third-order valence-corrected chi connectivity index (χ3v) is 5.68. The molecular weight excluding hydrogens is 430 g/mol. The first-order chi connectivity index (χ1) is 16.2. The molecule has 1 atom stereocenters. The Hall–Kier alpha value is -3.80. The minimum Gasteiger partial charge on any atom is -0.488 e. The lowest BCUT2D eigenvalue weighted by molar-refractivity contribution is -0.139. The summed E-state index contributed by atoms with van der Waals surface area (Å²) < 4.78 is 11.2. The second kappa shape index (κ2) is 9.59. The Bertz CT molecular complexity index is 1190. The van der Waals surface area contributed by atoms with Crippen LogP contribution in [0.5, 0.6) is 5.75 Å². The zero-order valence-corrected chi connectivity index (χ0v) is 19.6. The summed E-state index contributed by atoms with van der Waals surface area (Å²) in [5, 5.41) is 12.1. The number of ether oxygens (including phenoxy) is 2. The highest BCUT2D eigenvalue weighted by atomic mass is 16.5. The number of nitrogens with one attached hydrogen (secondary N) is 1. The Labute approximate surface area is 199 Å². The summed E-state index contributed by atoms with van der Waals surface area (Å²) in [7, 11) is 0. The molecule has 6 nitrogen and oxygen atoms in total. The summed E-state index contributed by atoms with van der Waals surface area (Å²) in [5.41, 5.74) is 6.12. The molecule has 3 aromatic carbocycles. The van der Waals surface area contributed by atoms with Crippen LogP contribution >= 0.6 is 0 Å². The topological polar surface area (TPSA) is 84.9 Å². The summed E-state index contributed by atoms with van der Waals surface area (Å²) in [6.45, 7) is 5.95. The Balaban J connectivity index is 1.36. The molecule has 0 spiro atoms. The Kier molecular flexibility index (Phi) is 6.59. The number of carboxylic acids is 1. The van der Waals surface area contributed by atoms with Crippen molar-refractivity contribution in [1.82, 2.24) is 5.32 Å². The molecule has 6 heteroatoms. The van der Waals surface area contributed by atoms with Gasteiger partial charge in [0.25, 0.3) is 0 Å². The number of amides is 1. The lowest BCUT2D eigenvalue weighted by Gasteiger charge is -2.21. The largest absolute Gasteiger partial charge is 0.488 e. The molecule has 1 amide bonds. The number of hydrogen-bond donors (Lipinski definition) is 2. The molecule has 0 radical (unpaired) electrons. The van der Waals surface area contributed by atoms with Crippen molar-refractivity contribution < 1.29 is 24.2 Å². The number of carbonyl (C=O) groups is 2. The van der Waals surface area contributed by atoms with Gasteiger partial charge in [0.2, 0.25) is 0 Å². The van der Waals surface area contributed by atoms with Gasteiger partial charge in [-0.2, -0.15) is 0 Å². The van der Waals surface area contributed by atoms with E-state index in [2.05, 4.69) is 23.5 Å². The van der Waals surface area contributed by atoms with Crippen molar-refractivity contribution in [1.29, 1.82) is 0 Å². The first kappa shape index (κ1) is 23.4. The number of aliphatic carboxylic acids is 1. The van der Waals surface area contributed by atoms with Gasteiger partial charge in [0, 0.05) is 6.42 Å². The van der Waals surface area contributed by atoms with E-state index in [1.165, 1.54) is 11.1 Å². The SMILES string of the molecule is CC(C)(C)Oc1ccc(C[C@H](NC(=O)OCc2cccc3c2Cc2ccccc2-3)C(=O)O)cc1. The summed E-state index contributed by atoms with van der Waals surface area (Å²) in [5.74, 6) is -0.420. The predicted octanol–water partition coefficient (Wildman–Crippen LogP) is 5.36. The van der Waals surface area contributed by atoms with Crippen LogP contribution in [0.4, 0.5) is 4.79 Å². The zero-order chi connectivity index (χ0) is 24.3. The molecule has 34 heavy (non-hydrogen) atoms. The van der Waals surface area contributed by atoms with Gasteiger partial charge in [-0.05, 0) is 72.7 Å². The number of fused-ring (bicyclic) bond motifs is 3. The third kappa shape index (κ3) is 5.57. The standard InChI is InChI=1S/C28H29NO5/c1-28(2,3)34-21-13-11-18(12-14-21)15-25(26(30)31)29-27(32)33-17-20-8-6-10-23-22-9-5-4-7-19(22)16-24(20)23/h4-14,25H,15-17H2,1-3H3,(H,29,32)(H,30,31)/t25-/m0/s1. The Morgan fingerprint density at radius 3 is 2.38 bits per heavy atom. The van der Waals surface area contributed by atoms with E-state index in [0.717, 1.165) is 28.7 Å². The predicted molar refractivity (Wildman–Crippen MR) is 130 cm³/mol. The molecular formula is C28H29NO5. The normalized spacial score (nSPS) is 12.9. The maximum absolute atomic E-state index is 12.4. The van der Waals surface area contributed by atoms with Crippen LogP contribution in [0.25, 0.3) is 11.1 Å². The fraction of sp³-hybridized carbons (Fsp3) is 0.286. The highest BCUT2D eigenvalue weighted by molar-refractivity contribution is 5.80. The van der Waals surface area contributed by atoms with Crippen LogP contribution in [-0.2, 0) is 29.0 Å². The van der Waals surface area contributed by atoms with E-state index in [4.69, 9.17) is 9.47 Å². The second-order valence-corrected chi connectivity index (χ2v) is 9.45.